The number of halogens is 6. The van der Waals surface area contributed by atoms with E-state index in [0.717, 1.165) is 0 Å². The van der Waals surface area contributed by atoms with Gasteiger partial charge < -0.3 is 9.64 Å². The number of carbonyl (C=O) groups is 1. The van der Waals surface area contributed by atoms with Crippen molar-refractivity contribution in [2.75, 3.05) is 46.6 Å². The van der Waals surface area contributed by atoms with Crippen molar-refractivity contribution in [1.29, 1.82) is 0 Å². The number of carbonyl (C=O) groups excluding carboxylic acids is 1. The summed E-state index contributed by atoms with van der Waals surface area (Å²) in [6.07, 6.45) is -3.75. The Labute approximate surface area is 237 Å². The van der Waals surface area contributed by atoms with Crippen molar-refractivity contribution >= 4 is 5.91 Å². The minimum atomic E-state index is -4.44. The Balaban J connectivity index is 1.20. The van der Waals surface area contributed by atoms with Crippen LogP contribution in [-0.2, 0) is 9.53 Å². The number of fused-ring (bicyclic) bond motifs is 1. The number of rotatable bonds is 6. The predicted octanol–water partition coefficient (Wildman–Crippen LogP) is 3.62. The number of amides is 1. The molecule has 7 unspecified atom stereocenters. The van der Waals surface area contributed by atoms with Crippen LogP contribution in [0.5, 0.6) is 0 Å². The van der Waals surface area contributed by atoms with Gasteiger partial charge in [0, 0.05) is 37.6 Å². The number of nitrogens with zero attached hydrogens (tertiary/aromatic N) is 3. The first-order valence-corrected chi connectivity index (χ1v) is 15.2. The van der Waals surface area contributed by atoms with Crippen LogP contribution in [0.1, 0.15) is 51.9 Å². The second-order valence-corrected chi connectivity index (χ2v) is 13.7. The maximum Gasteiger partial charge on any atom is 0.392 e. The quantitative estimate of drug-likeness (QED) is 0.458. The number of likely N-dealkylation sites (tertiary alicyclic amines) is 2. The van der Waals surface area contributed by atoms with Gasteiger partial charge in [0.25, 0.3) is 5.92 Å². The average molecular weight is 596 g/mol. The van der Waals surface area contributed by atoms with Crippen LogP contribution in [0.4, 0.5) is 26.3 Å². The third-order valence-corrected chi connectivity index (χ3v) is 11.6. The summed E-state index contributed by atoms with van der Waals surface area (Å²) in [5, 5.41) is 0. The van der Waals surface area contributed by atoms with Crippen LogP contribution < -0.4 is 10.9 Å². The van der Waals surface area contributed by atoms with Gasteiger partial charge in [-0.05, 0) is 70.3 Å². The molecule has 2 N–H and O–H groups in total. The van der Waals surface area contributed by atoms with Gasteiger partial charge in [0.05, 0.1) is 31.2 Å². The Kier molecular flexibility index (Phi) is 7.86. The van der Waals surface area contributed by atoms with Gasteiger partial charge in [-0.1, -0.05) is 6.42 Å². The lowest BCUT2D eigenvalue weighted by atomic mass is 9.62. The lowest BCUT2D eigenvalue weighted by molar-refractivity contribution is -0.292. The van der Waals surface area contributed by atoms with E-state index in [2.05, 4.69) is 10.9 Å². The zero-order chi connectivity index (χ0) is 29.3. The first-order valence-electron chi connectivity index (χ1n) is 15.2. The molecule has 41 heavy (non-hydrogen) atoms. The lowest BCUT2D eigenvalue weighted by Crippen LogP contribution is -2.68. The molecule has 13 heteroatoms. The van der Waals surface area contributed by atoms with E-state index in [4.69, 9.17) is 4.74 Å². The van der Waals surface area contributed by atoms with E-state index in [0.29, 0.717) is 45.1 Å². The molecule has 4 heterocycles. The van der Waals surface area contributed by atoms with E-state index in [1.54, 1.807) is 11.9 Å². The normalized spacial score (nSPS) is 41.5. The molecule has 2 saturated carbocycles. The predicted molar refractivity (Wildman–Crippen MR) is 138 cm³/mol. The SMILES string of the molecule is C[C@@H](C1CC2C(=O)N(C3CCCC(C4(C(F)(F)C5NNCN5C)COC4)C3)CC2C(C(F)(F)F)C1)N1CC[C@H](F)C1. The van der Waals surface area contributed by atoms with Crippen LogP contribution in [0.25, 0.3) is 0 Å². The summed E-state index contributed by atoms with van der Waals surface area (Å²) in [5.74, 6) is -7.30. The zero-order valence-electron chi connectivity index (χ0n) is 23.8. The Morgan fingerprint density at radius 1 is 1.05 bits per heavy atom. The van der Waals surface area contributed by atoms with Crippen LogP contribution in [0.15, 0.2) is 0 Å². The smallest absolute Gasteiger partial charge is 0.380 e. The minimum Gasteiger partial charge on any atom is -0.380 e. The molecule has 0 aromatic carbocycles. The molecule has 1 amide bonds. The maximum absolute atomic E-state index is 16.1. The van der Waals surface area contributed by atoms with Gasteiger partial charge in [-0.25, -0.2) is 24.0 Å². The second kappa shape index (κ2) is 10.8. The van der Waals surface area contributed by atoms with Crippen molar-refractivity contribution in [3.63, 3.8) is 0 Å². The Morgan fingerprint density at radius 3 is 2.39 bits per heavy atom. The van der Waals surface area contributed by atoms with E-state index in [1.807, 2.05) is 11.8 Å². The summed E-state index contributed by atoms with van der Waals surface area (Å²) in [6, 6.07) is -0.594. The number of alkyl halides is 6. The summed E-state index contributed by atoms with van der Waals surface area (Å²) in [6.45, 7) is 2.77. The summed E-state index contributed by atoms with van der Waals surface area (Å²) in [4.78, 5) is 18.9. The van der Waals surface area contributed by atoms with Crippen molar-refractivity contribution in [2.24, 2.45) is 35.0 Å². The Hall–Kier alpha value is -1.15. The Bertz CT molecular complexity index is 982. The molecule has 6 aliphatic rings. The first-order chi connectivity index (χ1) is 19.3. The lowest BCUT2D eigenvalue weighted by Gasteiger charge is -2.55. The van der Waals surface area contributed by atoms with E-state index in [1.165, 1.54) is 4.90 Å². The molecule has 6 fully saturated rings. The second-order valence-electron chi connectivity index (χ2n) is 13.7. The van der Waals surface area contributed by atoms with Crippen LogP contribution in [0.3, 0.4) is 0 Å². The molecular formula is C28H43F6N5O2. The maximum atomic E-state index is 16.1. The van der Waals surface area contributed by atoms with Gasteiger partial charge in [-0.2, -0.15) is 13.2 Å². The molecule has 4 aliphatic heterocycles. The summed E-state index contributed by atoms with van der Waals surface area (Å²) in [7, 11) is 1.62. The van der Waals surface area contributed by atoms with Crippen LogP contribution in [-0.4, -0.2) is 104 Å². The van der Waals surface area contributed by atoms with Crippen LogP contribution in [0.2, 0.25) is 0 Å². The number of hydrogen-bond donors (Lipinski definition) is 2. The highest BCUT2D eigenvalue weighted by atomic mass is 19.4. The van der Waals surface area contributed by atoms with E-state index < -0.39 is 53.5 Å². The third kappa shape index (κ3) is 4.99. The monoisotopic (exact) mass is 595 g/mol. The highest BCUT2D eigenvalue weighted by Crippen LogP contribution is 2.57. The molecule has 9 atom stereocenters. The molecule has 0 spiro atoms. The van der Waals surface area contributed by atoms with Gasteiger partial charge in [0.1, 0.15) is 12.3 Å². The van der Waals surface area contributed by atoms with Crippen molar-refractivity contribution in [1.82, 2.24) is 25.6 Å². The van der Waals surface area contributed by atoms with Gasteiger partial charge >= 0.3 is 6.18 Å². The Morgan fingerprint density at radius 2 is 1.80 bits per heavy atom. The first kappa shape index (κ1) is 29.9. The molecule has 6 rings (SSSR count). The van der Waals surface area contributed by atoms with E-state index in [-0.39, 0.29) is 63.3 Å². The fourth-order valence-electron chi connectivity index (χ4n) is 9.04. The minimum absolute atomic E-state index is 0.0269. The number of hydrazine groups is 1. The molecule has 0 radical (unpaired) electrons. The van der Waals surface area contributed by atoms with Crippen LogP contribution in [0, 0.1) is 35.0 Å². The number of hydrogen-bond acceptors (Lipinski definition) is 6. The molecule has 0 aromatic rings. The van der Waals surface area contributed by atoms with Crippen molar-refractivity contribution in [3.05, 3.63) is 0 Å². The highest BCUT2D eigenvalue weighted by Gasteiger charge is 2.68. The number of ether oxygens (including phenoxy) is 1. The summed E-state index contributed by atoms with van der Waals surface area (Å²) < 4.78 is 94.7. The summed E-state index contributed by atoms with van der Waals surface area (Å²) >= 11 is 0. The third-order valence-electron chi connectivity index (χ3n) is 11.6. The zero-order valence-corrected chi connectivity index (χ0v) is 23.8. The average Bonchev–Trinajstić information content (AvgIpc) is 3.61. The van der Waals surface area contributed by atoms with Gasteiger partial charge in [0.2, 0.25) is 5.91 Å². The van der Waals surface area contributed by atoms with E-state index in [9.17, 15) is 22.4 Å². The van der Waals surface area contributed by atoms with Crippen molar-refractivity contribution < 1.29 is 35.9 Å². The topological polar surface area (TPSA) is 60.1 Å². The molecule has 0 aromatic heterocycles. The van der Waals surface area contributed by atoms with Gasteiger partial charge in [-0.3, -0.25) is 14.6 Å². The molecule has 0 bridgehead atoms. The summed E-state index contributed by atoms with van der Waals surface area (Å²) in [5.41, 5.74) is 4.08. The fourth-order valence-corrected chi connectivity index (χ4v) is 9.04. The van der Waals surface area contributed by atoms with Gasteiger partial charge in [-0.15, -0.1) is 0 Å². The van der Waals surface area contributed by atoms with Crippen molar-refractivity contribution in [2.45, 2.75) is 88.4 Å². The van der Waals surface area contributed by atoms with Crippen LogP contribution >= 0.6 is 0 Å². The highest BCUT2D eigenvalue weighted by molar-refractivity contribution is 5.82. The molecule has 7 nitrogen and oxygen atoms in total. The molecule has 234 valence electrons. The largest absolute Gasteiger partial charge is 0.392 e. The van der Waals surface area contributed by atoms with Gasteiger partial charge in [0.15, 0.2) is 0 Å². The molecule has 2 aliphatic carbocycles. The standard InChI is InChI=1S/C28H43F6N5O2/c1-16(38-7-6-19(29)11-38)17-8-21-22(23(9-17)28(32,33)34)12-39(24(21)40)20-5-3-4-18(10-20)26(13-41-14-26)27(30,31)25-36-35-15-37(25)2/h16-23,25,35-36H,3-15H2,1-2H3/t16-,17?,18?,19-,20?,21?,22?,23?,25?/m0/s1. The fraction of sp³-hybridized carbons (Fsp3) is 0.964. The molecular weight excluding hydrogens is 552 g/mol. The molecule has 4 saturated heterocycles. The number of nitrogens with one attached hydrogen (secondary N) is 2. The van der Waals surface area contributed by atoms with E-state index >= 15 is 8.78 Å². The van der Waals surface area contributed by atoms with Crippen molar-refractivity contribution in [3.8, 4) is 0 Å².